The van der Waals surface area contributed by atoms with Gasteiger partial charge >= 0.3 is 5.97 Å². The molecule has 0 radical (unpaired) electrons. The predicted molar refractivity (Wildman–Crippen MR) is 66.8 cm³/mol. The molecule has 0 aliphatic heterocycles. The third-order valence-electron chi connectivity index (χ3n) is 2.06. The minimum absolute atomic E-state index is 0.170. The van der Waals surface area contributed by atoms with Crippen LogP contribution in [-0.2, 0) is 4.79 Å². The monoisotopic (exact) mass is 269 g/mol. The quantitative estimate of drug-likeness (QED) is 0.874. The van der Waals surface area contributed by atoms with Gasteiger partial charge in [0.2, 0.25) is 0 Å². The molecule has 5 nitrogen and oxygen atoms in total. The van der Waals surface area contributed by atoms with E-state index in [0.29, 0.717) is 0 Å². The first-order valence-corrected chi connectivity index (χ1v) is 5.66. The molecule has 1 amide bonds. The summed E-state index contributed by atoms with van der Waals surface area (Å²) in [7, 11) is 0. The molecule has 0 fully saturated rings. The number of benzene rings is 1. The van der Waals surface area contributed by atoms with Crippen LogP contribution in [0, 0.1) is 5.82 Å². The fraction of sp³-hybridized carbons (Fsp3) is 0.385. The van der Waals surface area contributed by atoms with Gasteiger partial charge in [-0.05, 0) is 32.9 Å². The fourth-order valence-electron chi connectivity index (χ4n) is 1.43. The van der Waals surface area contributed by atoms with E-state index in [2.05, 4.69) is 5.32 Å². The number of amides is 1. The highest BCUT2D eigenvalue weighted by molar-refractivity contribution is 5.91. The van der Waals surface area contributed by atoms with E-state index in [4.69, 9.17) is 9.84 Å². The number of aromatic carboxylic acids is 1. The minimum atomic E-state index is -1.44. The Balaban J connectivity index is 2.76. The van der Waals surface area contributed by atoms with Crippen molar-refractivity contribution in [3.8, 4) is 5.75 Å². The van der Waals surface area contributed by atoms with Crippen molar-refractivity contribution in [2.24, 2.45) is 0 Å². The topological polar surface area (TPSA) is 75.6 Å². The van der Waals surface area contributed by atoms with Gasteiger partial charge in [0, 0.05) is 5.54 Å². The van der Waals surface area contributed by atoms with Gasteiger partial charge < -0.3 is 15.2 Å². The van der Waals surface area contributed by atoms with Crippen LogP contribution in [0.3, 0.4) is 0 Å². The largest absolute Gasteiger partial charge is 0.483 e. The second-order valence-electron chi connectivity index (χ2n) is 5.00. The number of hydrogen-bond donors (Lipinski definition) is 2. The lowest BCUT2D eigenvalue weighted by atomic mass is 10.1. The average Bonchev–Trinajstić information content (AvgIpc) is 2.23. The highest BCUT2D eigenvalue weighted by Crippen LogP contribution is 2.21. The van der Waals surface area contributed by atoms with Crippen LogP contribution in [0.15, 0.2) is 18.2 Å². The van der Waals surface area contributed by atoms with Gasteiger partial charge in [-0.1, -0.05) is 6.07 Å². The maximum atomic E-state index is 13.3. The smallest absolute Gasteiger partial charge is 0.342 e. The Morgan fingerprint density at radius 2 is 2.00 bits per heavy atom. The molecular formula is C13H16FNO4. The molecular weight excluding hydrogens is 253 g/mol. The van der Waals surface area contributed by atoms with Crippen LogP contribution in [0.4, 0.5) is 4.39 Å². The van der Waals surface area contributed by atoms with Gasteiger partial charge in [0.05, 0.1) is 0 Å². The van der Waals surface area contributed by atoms with Gasteiger partial charge in [-0.25, -0.2) is 9.18 Å². The minimum Gasteiger partial charge on any atom is -0.483 e. The summed E-state index contributed by atoms with van der Waals surface area (Å²) in [4.78, 5) is 22.4. The molecule has 0 saturated carbocycles. The molecule has 0 heterocycles. The van der Waals surface area contributed by atoms with E-state index >= 15 is 0 Å². The van der Waals surface area contributed by atoms with Crippen molar-refractivity contribution in [3.05, 3.63) is 29.6 Å². The lowest BCUT2D eigenvalue weighted by Gasteiger charge is -2.20. The Labute approximate surface area is 110 Å². The summed E-state index contributed by atoms with van der Waals surface area (Å²) in [6.07, 6.45) is 0. The van der Waals surface area contributed by atoms with Crippen LogP contribution in [0.5, 0.6) is 5.75 Å². The highest BCUT2D eigenvalue weighted by Gasteiger charge is 2.19. The summed E-state index contributed by atoms with van der Waals surface area (Å²) in [5.41, 5.74) is -0.996. The summed E-state index contributed by atoms with van der Waals surface area (Å²) >= 11 is 0. The Morgan fingerprint density at radius 1 is 1.37 bits per heavy atom. The number of hydrogen-bond acceptors (Lipinski definition) is 3. The average molecular weight is 269 g/mol. The molecule has 0 aliphatic rings. The number of halogens is 1. The van der Waals surface area contributed by atoms with Crippen LogP contribution >= 0.6 is 0 Å². The van der Waals surface area contributed by atoms with E-state index in [9.17, 15) is 14.0 Å². The molecule has 1 aromatic rings. The Bertz CT molecular complexity index is 494. The van der Waals surface area contributed by atoms with Crippen LogP contribution < -0.4 is 10.1 Å². The molecule has 6 heteroatoms. The van der Waals surface area contributed by atoms with E-state index in [1.807, 2.05) is 0 Å². The van der Waals surface area contributed by atoms with Crippen molar-refractivity contribution in [2.75, 3.05) is 6.61 Å². The number of carbonyl (C=O) groups excluding carboxylic acids is 1. The van der Waals surface area contributed by atoms with E-state index in [1.165, 1.54) is 12.1 Å². The fourth-order valence-corrected chi connectivity index (χ4v) is 1.43. The standard InChI is InChI=1S/C13H16FNO4/c1-13(2,3)15-10(16)7-19-9-6-4-5-8(14)11(9)12(17)18/h4-6H,7H2,1-3H3,(H,15,16)(H,17,18). The second kappa shape index (κ2) is 5.69. The lowest BCUT2D eigenvalue weighted by molar-refractivity contribution is -0.124. The van der Waals surface area contributed by atoms with Gasteiger partial charge in [0.1, 0.15) is 17.1 Å². The number of ether oxygens (including phenoxy) is 1. The number of carboxylic acid groups (broad SMARTS) is 1. The Morgan fingerprint density at radius 3 is 2.53 bits per heavy atom. The first-order chi connectivity index (χ1) is 8.70. The van der Waals surface area contributed by atoms with Gasteiger partial charge in [0.15, 0.2) is 6.61 Å². The number of nitrogens with one attached hydrogen (secondary N) is 1. The third kappa shape index (κ3) is 4.57. The van der Waals surface area contributed by atoms with Crippen molar-refractivity contribution >= 4 is 11.9 Å². The van der Waals surface area contributed by atoms with Crippen LogP contribution in [-0.4, -0.2) is 29.1 Å². The van der Waals surface area contributed by atoms with E-state index in [-0.39, 0.29) is 12.4 Å². The van der Waals surface area contributed by atoms with Gasteiger partial charge in [-0.3, -0.25) is 4.79 Å². The van der Waals surface area contributed by atoms with Crippen molar-refractivity contribution in [3.63, 3.8) is 0 Å². The van der Waals surface area contributed by atoms with Gasteiger partial charge in [-0.2, -0.15) is 0 Å². The maximum absolute atomic E-state index is 13.3. The SMILES string of the molecule is CC(C)(C)NC(=O)COc1cccc(F)c1C(=O)O. The van der Waals surface area contributed by atoms with Gasteiger partial charge in [-0.15, -0.1) is 0 Å². The molecule has 0 aliphatic carbocycles. The maximum Gasteiger partial charge on any atom is 0.342 e. The number of rotatable bonds is 4. The first kappa shape index (κ1) is 14.9. The first-order valence-electron chi connectivity index (χ1n) is 5.66. The lowest BCUT2D eigenvalue weighted by Crippen LogP contribution is -2.43. The summed E-state index contributed by atoms with van der Waals surface area (Å²) in [6.45, 7) is 5.03. The van der Waals surface area contributed by atoms with Gasteiger partial charge in [0.25, 0.3) is 5.91 Å². The molecule has 1 aromatic carbocycles. The third-order valence-corrected chi connectivity index (χ3v) is 2.06. The molecule has 0 aromatic heterocycles. The molecule has 2 N–H and O–H groups in total. The summed E-state index contributed by atoms with van der Waals surface area (Å²) in [5, 5.41) is 11.5. The summed E-state index contributed by atoms with van der Waals surface area (Å²) in [6, 6.07) is 3.64. The molecule has 0 atom stereocenters. The highest BCUT2D eigenvalue weighted by atomic mass is 19.1. The second-order valence-corrected chi connectivity index (χ2v) is 5.00. The summed E-state index contributed by atoms with van der Waals surface area (Å²) < 4.78 is 18.4. The zero-order valence-electron chi connectivity index (χ0n) is 11.0. The molecule has 0 unspecified atom stereocenters. The van der Waals surface area contributed by atoms with Crippen LogP contribution in [0.1, 0.15) is 31.1 Å². The van der Waals surface area contributed by atoms with E-state index < -0.39 is 28.8 Å². The number of carboxylic acids is 1. The molecule has 104 valence electrons. The Hall–Kier alpha value is -2.11. The molecule has 0 saturated heterocycles. The summed E-state index contributed by atoms with van der Waals surface area (Å²) in [5.74, 6) is -2.92. The number of carbonyl (C=O) groups is 2. The molecule has 1 rings (SSSR count). The predicted octanol–water partition coefficient (Wildman–Crippen LogP) is 1.82. The van der Waals surface area contributed by atoms with Crippen molar-refractivity contribution in [1.29, 1.82) is 0 Å². The van der Waals surface area contributed by atoms with E-state index in [0.717, 1.165) is 6.07 Å². The zero-order valence-corrected chi connectivity index (χ0v) is 11.0. The zero-order chi connectivity index (χ0) is 14.6. The van der Waals surface area contributed by atoms with Crippen LogP contribution in [0.2, 0.25) is 0 Å². The Kier molecular flexibility index (Phi) is 4.47. The molecule has 0 bridgehead atoms. The van der Waals surface area contributed by atoms with Crippen molar-refractivity contribution < 1.29 is 23.8 Å². The van der Waals surface area contributed by atoms with E-state index in [1.54, 1.807) is 20.8 Å². The van der Waals surface area contributed by atoms with Crippen LogP contribution in [0.25, 0.3) is 0 Å². The van der Waals surface area contributed by atoms with Crippen molar-refractivity contribution in [2.45, 2.75) is 26.3 Å². The molecule has 0 spiro atoms. The normalized spacial score (nSPS) is 10.9. The molecule has 19 heavy (non-hydrogen) atoms. The van der Waals surface area contributed by atoms with Crippen molar-refractivity contribution in [1.82, 2.24) is 5.32 Å².